The van der Waals surface area contributed by atoms with Crippen molar-refractivity contribution >= 4 is 41.2 Å². The molecule has 9 heteroatoms. The smallest absolute Gasteiger partial charge is 0.354 e. The number of Topliss-reactive ketones (excluding diaryl/α,β-unsaturated/α-hetero) is 1. The number of carbonyl (C=O) groups is 3. The van der Waals surface area contributed by atoms with Gasteiger partial charge < -0.3 is 10.2 Å². The van der Waals surface area contributed by atoms with Crippen molar-refractivity contribution < 1.29 is 24.6 Å². The molecule has 1 amide bonds. The number of aliphatic hydroxyl groups excluding tert-OH is 1. The summed E-state index contributed by atoms with van der Waals surface area (Å²) >= 11 is 2.85. The maximum Gasteiger partial charge on any atom is 0.354 e. The van der Waals surface area contributed by atoms with Crippen LogP contribution in [-0.4, -0.2) is 74.0 Å². The zero-order valence-corrected chi connectivity index (χ0v) is 18.2. The molecule has 0 aliphatic carbocycles. The molecule has 3 heterocycles. The molecular weight excluding hydrogens is 424 g/mol. The van der Waals surface area contributed by atoms with E-state index in [0.29, 0.717) is 29.3 Å². The number of aliphatic carboxylic acids is 1. The van der Waals surface area contributed by atoms with Crippen LogP contribution in [0, 0.1) is 5.92 Å². The molecule has 1 aromatic rings. The van der Waals surface area contributed by atoms with E-state index in [1.165, 1.54) is 28.4 Å². The number of likely N-dealkylation sites (tertiary alicyclic amines) is 1. The lowest BCUT2D eigenvalue weighted by molar-refractivity contribution is -0.157. The maximum atomic E-state index is 12.4. The van der Waals surface area contributed by atoms with E-state index >= 15 is 0 Å². The number of carbonyl (C=O) groups excluding carboxylic acids is 2. The fraction of sp³-hybridized carbons (Fsp3) is 0.476. The van der Waals surface area contributed by atoms with E-state index in [1.54, 1.807) is 0 Å². The highest BCUT2D eigenvalue weighted by Crippen LogP contribution is 2.55. The van der Waals surface area contributed by atoms with Crippen LogP contribution >= 0.6 is 23.5 Å². The fourth-order valence-corrected chi connectivity index (χ4v) is 7.41. The molecule has 0 saturated carbocycles. The van der Waals surface area contributed by atoms with Gasteiger partial charge in [0.1, 0.15) is 5.37 Å². The summed E-state index contributed by atoms with van der Waals surface area (Å²) < 4.78 is 0.632. The number of hydrogen-bond donors (Lipinski definition) is 2. The molecule has 7 nitrogen and oxygen atoms in total. The molecule has 1 aromatic carbocycles. The van der Waals surface area contributed by atoms with E-state index < -0.39 is 18.0 Å². The number of amides is 1. The van der Waals surface area contributed by atoms with Gasteiger partial charge in [0.2, 0.25) is 5.91 Å². The lowest BCUT2D eigenvalue weighted by atomic mass is 9.90. The Hall–Kier alpha value is -1.81. The molecule has 3 aliphatic heterocycles. The summed E-state index contributed by atoms with van der Waals surface area (Å²) in [6.07, 6.45) is 0.555. The summed E-state index contributed by atoms with van der Waals surface area (Å²) in [4.78, 5) is 40.2. The molecule has 160 valence electrons. The van der Waals surface area contributed by atoms with Crippen molar-refractivity contribution in [3.05, 3.63) is 45.8 Å². The highest BCUT2D eigenvalue weighted by Gasteiger charge is 2.58. The van der Waals surface area contributed by atoms with E-state index in [0.717, 1.165) is 13.0 Å². The van der Waals surface area contributed by atoms with E-state index in [2.05, 4.69) is 4.90 Å². The normalized spacial score (nSPS) is 27.2. The summed E-state index contributed by atoms with van der Waals surface area (Å²) in [6.45, 7) is 3.63. The molecule has 2 saturated heterocycles. The molecule has 0 radical (unpaired) electrons. The Labute approximate surface area is 183 Å². The minimum absolute atomic E-state index is 0.0402. The van der Waals surface area contributed by atoms with Crippen LogP contribution in [0.25, 0.3) is 0 Å². The van der Waals surface area contributed by atoms with Gasteiger partial charge in [-0.2, -0.15) is 0 Å². The van der Waals surface area contributed by atoms with Crippen molar-refractivity contribution in [2.24, 2.45) is 5.92 Å². The predicted octanol–water partition coefficient (Wildman–Crippen LogP) is 2.23. The standard InChI is InChI=1S/C21H24N2O5S2/c1-2-14(24)16-18(26)23-17(20(27)28)21(30-19(16)23)29-13-8-9-22(10-13)11-15(25)12-6-4-3-5-7-12/h3-7,13-14,16,19,24H,2,8-11H2,1H3,(H,27,28)/t13?,14-,16+,19+/m0/s1. The zero-order chi connectivity index (χ0) is 21.4. The summed E-state index contributed by atoms with van der Waals surface area (Å²) in [5.74, 6) is -1.89. The van der Waals surface area contributed by atoms with Crippen LogP contribution in [0.4, 0.5) is 0 Å². The van der Waals surface area contributed by atoms with Crippen LogP contribution in [0.3, 0.4) is 0 Å². The van der Waals surface area contributed by atoms with Crippen LogP contribution < -0.4 is 0 Å². The molecule has 0 aromatic heterocycles. The minimum Gasteiger partial charge on any atom is -0.477 e. The van der Waals surface area contributed by atoms with Crippen molar-refractivity contribution in [3.63, 3.8) is 0 Å². The number of carboxylic acid groups (broad SMARTS) is 1. The molecule has 1 unspecified atom stereocenters. The second-order valence-electron chi connectivity index (χ2n) is 7.71. The Kier molecular flexibility index (Phi) is 6.24. The summed E-state index contributed by atoms with van der Waals surface area (Å²) in [7, 11) is 0. The van der Waals surface area contributed by atoms with Gasteiger partial charge in [-0.05, 0) is 19.4 Å². The number of carboxylic acids is 1. The van der Waals surface area contributed by atoms with Gasteiger partial charge in [-0.15, -0.1) is 11.8 Å². The van der Waals surface area contributed by atoms with E-state index in [9.17, 15) is 24.6 Å². The third-order valence-corrected chi connectivity index (χ3v) is 8.60. The van der Waals surface area contributed by atoms with Gasteiger partial charge in [0.15, 0.2) is 11.5 Å². The third kappa shape index (κ3) is 3.91. The van der Waals surface area contributed by atoms with Crippen molar-refractivity contribution in [1.82, 2.24) is 9.80 Å². The second-order valence-corrected chi connectivity index (χ2v) is 10.4. The highest BCUT2D eigenvalue weighted by atomic mass is 32.2. The van der Waals surface area contributed by atoms with Gasteiger partial charge in [-0.25, -0.2) is 4.79 Å². The Morgan fingerprint density at radius 1 is 1.30 bits per heavy atom. The molecule has 2 fully saturated rings. The first-order valence-corrected chi connectivity index (χ1v) is 11.8. The average Bonchev–Trinajstić information content (AvgIpc) is 3.31. The maximum absolute atomic E-state index is 12.4. The van der Waals surface area contributed by atoms with Gasteiger partial charge in [0, 0.05) is 17.4 Å². The van der Waals surface area contributed by atoms with Gasteiger partial charge >= 0.3 is 5.97 Å². The van der Waals surface area contributed by atoms with Gasteiger partial charge in [-0.3, -0.25) is 19.4 Å². The summed E-state index contributed by atoms with van der Waals surface area (Å²) in [5.41, 5.74) is 0.734. The molecule has 3 aliphatic rings. The molecule has 4 atom stereocenters. The number of thioether (sulfide) groups is 2. The molecule has 0 bridgehead atoms. The number of aliphatic hydroxyl groups is 1. The fourth-order valence-electron chi connectivity index (χ4n) is 4.10. The lowest BCUT2D eigenvalue weighted by Gasteiger charge is -2.44. The number of rotatable bonds is 8. The zero-order valence-electron chi connectivity index (χ0n) is 16.6. The Morgan fingerprint density at radius 2 is 2.03 bits per heavy atom. The molecule has 30 heavy (non-hydrogen) atoms. The van der Waals surface area contributed by atoms with Crippen LogP contribution in [-0.2, 0) is 9.59 Å². The monoisotopic (exact) mass is 448 g/mol. The van der Waals surface area contributed by atoms with E-state index in [4.69, 9.17) is 0 Å². The van der Waals surface area contributed by atoms with Crippen LogP contribution in [0.2, 0.25) is 0 Å². The molecule has 0 spiro atoms. The Morgan fingerprint density at radius 3 is 2.70 bits per heavy atom. The van der Waals surface area contributed by atoms with Crippen LogP contribution in [0.5, 0.6) is 0 Å². The first kappa shape index (κ1) is 21.4. The van der Waals surface area contributed by atoms with Gasteiger partial charge in [0.25, 0.3) is 0 Å². The van der Waals surface area contributed by atoms with Gasteiger partial charge in [-0.1, -0.05) is 49.0 Å². The van der Waals surface area contributed by atoms with Gasteiger partial charge in [0.05, 0.1) is 22.8 Å². The number of β-lactam (4-membered cyclic amide) rings is 1. The minimum atomic E-state index is -1.11. The number of nitrogens with zero attached hydrogens (tertiary/aromatic N) is 2. The topological polar surface area (TPSA) is 98.2 Å². The van der Waals surface area contributed by atoms with Crippen LogP contribution in [0.15, 0.2) is 40.3 Å². The highest BCUT2D eigenvalue weighted by molar-refractivity contribution is 8.23. The number of ketones is 1. The average molecular weight is 449 g/mol. The van der Waals surface area contributed by atoms with Crippen molar-refractivity contribution in [1.29, 1.82) is 0 Å². The number of fused-ring (bicyclic) bond motifs is 1. The molecule has 4 rings (SSSR count). The first-order chi connectivity index (χ1) is 14.4. The van der Waals surface area contributed by atoms with E-state index in [-0.39, 0.29) is 28.0 Å². The summed E-state index contributed by atoms with van der Waals surface area (Å²) in [5, 5.41) is 19.6. The quantitative estimate of drug-likeness (QED) is 0.462. The summed E-state index contributed by atoms with van der Waals surface area (Å²) in [6, 6.07) is 9.20. The largest absolute Gasteiger partial charge is 0.477 e. The number of hydrogen-bond acceptors (Lipinski definition) is 7. The number of benzene rings is 1. The second kappa shape index (κ2) is 8.74. The molecule has 2 N–H and O–H groups in total. The Balaban J connectivity index is 1.39. The third-order valence-electron chi connectivity index (χ3n) is 5.75. The van der Waals surface area contributed by atoms with Crippen molar-refractivity contribution in [2.75, 3.05) is 19.6 Å². The van der Waals surface area contributed by atoms with Crippen molar-refractivity contribution in [2.45, 2.75) is 36.5 Å². The predicted molar refractivity (Wildman–Crippen MR) is 116 cm³/mol. The molecular formula is C21H24N2O5S2. The SMILES string of the molecule is CC[C@H](O)[C@@H]1C(=O)N2C(C(=O)O)=C(SC3CCN(CC(=O)c4ccccc4)C3)S[C@H]12. The lowest BCUT2D eigenvalue weighted by Crippen LogP contribution is -2.61. The van der Waals surface area contributed by atoms with E-state index in [1.807, 2.05) is 37.3 Å². The Bertz CT molecular complexity index is 891. The van der Waals surface area contributed by atoms with Crippen molar-refractivity contribution in [3.8, 4) is 0 Å². The first-order valence-electron chi connectivity index (χ1n) is 10.0. The van der Waals surface area contributed by atoms with Crippen LogP contribution in [0.1, 0.15) is 30.1 Å².